The smallest absolute Gasteiger partial charge is 0.411 e. The van der Waals surface area contributed by atoms with Crippen LogP contribution in [0.1, 0.15) is 75.6 Å². The molecule has 0 bridgehead atoms. The predicted molar refractivity (Wildman–Crippen MR) is 282 cm³/mol. The zero-order valence-corrected chi connectivity index (χ0v) is 42.3. The first-order valence-electron chi connectivity index (χ1n) is 24.0. The second-order valence-corrected chi connectivity index (χ2v) is 23.3. The number of urea groups is 1. The quantitative estimate of drug-likeness (QED) is 0.0265. The monoisotopic (exact) mass is 974 g/mol. The van der Waals surface area contributed by atoms with Gasteiger partial charge in [0.2, 0.25) is 5.91 Å². The van der Waals surface area contributed by atoms with E-state index in [1.54, 1.807) is 12.1 Å². The first-order valence-corrected chi connectivity index (χ1v) is 25.9. The van der Waals surface area contributed by atoms with Crippen LogP contribution in [-0.2, 0) is 31.8 Å². The lowest BCUT2D eigenvalue weighted by atomic mass is 9.98. The van der Waals surface area contributed by atoms with Crippen LogP contribution < -0.4 is 37.4 Å². The molecule has 0 radical (unpaired) electrons. The van der Waals surface area contributed by atoms with Gasteiger partial charge in [-0.25, -0.2) is 14.4 Å². The Hall–Kier alpha value is -7.36. The maximum Gasteiger partial charge on any atom is 0.411 e. The molecule has 1 aliphatic rings. The summed E-state index contributed by atoms with van der Waals surface area (Å²) in [6.07, 6.45) is 10.7. The molecule has 13 nitrogen and oxygen atoms in total. The molecule has 14 heteroatoms. The highest BCUT2D eigenvalue weighted by molar-refractivity contribution is 6.99. The number of ether oxygens (including phenoxy) is 2. The first kappa shape index (κ1) is 53.0. The maximum atomic E-state index is 14.4. The van der Waals surface area contributed by atoms with Crippen molar-refractivity contribution in [2.24, 2.45) is 11.7 Å². The predicted octanol–water partition coefficient (Wildman–Crippen LogP) is 7.88. The van der Waals surface area contributed by atoms with E-state index in [2.05, 4.69) is 102 Å². The van der Waals surface area contributed by atoms with E-state index >= 15 is 0 Å². The van der Waals surface area contributed by atoms with Gasteiger partial charge >= 0.3 is 18.2 Å². The fraction of sp³-hybridized carbons (Fsp3) is 0.333. The maximum absolute atomic E-state index is 14.4. The first-order chi connectivity index (χ1) is 34.2. The molecule has 0 aromatic heterocycles. The number of carbonyl (C=O) groups excluding carboxylic acids is 4. The number of nitrogens with zero attached hydrogens (tertiary/aromatic N) is 1. The summed E-state index contributed by atoms with van der Waals surface area (Å²) in [6.45, 7) is 11.1. The van der Waals surface area contributed by atoms with E-state index in [-0.39, 0.29) is 68.8 Å². The zero-order chi connectivity index (χ0) is 51.0. The molecular formula is C57H66N6O7Si. The van der Waals surface area contributed by atoms with Gasteiger partial charge in [-0.1, -0.05) is 162 Å². The fourth-order valence-corrected chi connectivity index (χ4v) is 13.7. The molecule has 0 spiro atoms. The summed E-state index contributed by atoms with van der Waals surface area (Å²) < 4.78 is 18.5. The minimum Gasteiger partial charge on any atom is -0.449 e. The lowest BCUT2D eigenvalue weighted by Gasteiger charge is -2.43. The fourth-order valence-electron chi connectivity index (χ4n) is 9.22. The SMILES string of the molecule is C#CCOC(=O)N(CC#C)Cc1cc(NC(=O)[C@H](CCCNC(N)=O)NC[C@@H](NC(=O)OCC2c3ccccc3-c3ccccc32)C(C)C)ccc1CO[Si](c1ccccc1)(c1ccccc1)C(C)(C)C. The van der Waals surface area contributed by atoms with Gasteiger partial charge in [0.25, 0.3) is 8.32 Å². The highest BCUT2D eigenvalue weighted by Crippen LogP contribution is 2.44. The van der Waals surface area contributed by atoms with Gasteiger partial charge in [-0.2, -0.15) is 0 Å². The summed E-state index contributed by atoms with van der Waals surface area (Å²) >= 11 is 0. The summed E-state index contributed by atoms with van der Waals surface area (Å²) in [5.74, 6) is 4.38. The minimum atomic E-state index is -3.01. The number of alkyl carbamates (subject to hydrolysis) is 1. The van der Waals surface area contributed by atoms with Crippen molar-refractivity contribution in [3.05, 3.63) is 150 Å². The highest BCUT2D eigenvalue weighted by Gasteiger charge is 2.50. The molecule has 370 valence electrons. The Bertz CT molecular complexity index is 2610. The largest absolute Gasteiger partial charge is 0.449 e. The molecule has 5 amide bonds. The van der Waals surface area contributed by atoms with Crippen molar-refractivity contribution in [3.8, 4) is 35.8 Å². The van der Waals surface area contributed by atoms with Crippen LogP contribution in [0, 0.1) is 30.6 Å². The lowest BCUT2D eigenvalue weighted by molar-refractivity contribution is -0.118. The number of primary amides is 1. The summed E-state index contributed by atoms with van der Waals surface area (Å²) in [4.78, 5) is 54.1. The van der Waals surface area contributed by atoms with Crippen LogP contribution in [0.3, 0.4) is 0 Å². The summed E-state index contributed by atoms with van der Waals surface area (Å²) in [5.41, 5.74) is 11.7. The van der Waals surface area contributed by atoms with E-state index in [9.17, 15) is 19.2 Å². The van der Waals surface area contributed by atoms with Crippen LogP contribution in [0.4, 0.5) is 20.1 Å². The van der Waals surface area contributed by atoms with E-state index in [0.717, 1.165) is 38.2 Å². The molecule has 6 rings (SSSR count). The number of hydrogen-bond donors (Lipinski definition) is 5. The van der Waals surface area contributed by atoms with Crippen molar-refractivity contribution in [3.63, 3.8) is 0 Å². The topological polar surface area (TPSA) is 173 Å². The number of rotatable bonds is 22. The average molecular weight is 975 g/mol. The number of fused-ring (bicyclic) bond motifs is 3. The van der Waals surface area contributed by atoms with E-state index in [1.165, 1.54) is 4.90 Å². The molecule has 5 aromatic carbocycles. The standard InChI is InChI=1S/C57H66N6O7Si/c1-8-33-63(56(67)68-34-9-2)37-42-35-43(31-30-41(42)38-70-71(57(5,6)7,44-21-12-10-13-22-44)45-23-14-11-15-24-45)61-53(64)51(29-20-32-59-54(58)65)60-36-52(40(3)4)62-55(66)69-39-50-48-27-18-16-25-46(48)47-26-17-19-28-49(47)50/h1-2,10-19,21-28,30-31,35,40,50-52,60H,20,29,32-34,36-39H2,3-7H3,(H,61,64)(H,62,66)(H3,58,59,65)/t51-,52+/m0/s1. The van der Waals surface area contributed by atoms with Crippen molar-refractivity contribution < 1.29 is 33.1 Å². The molecule has 0 heterocycles. The highest BCUT2D eigenvalue weighted by atomic mass is 28.4. The molecule has 71 heavy (non-hydrogen) atoms. The van der Waals surface area contributed by atoms with Crippen molar-refractivity contribution >= 4 is 48.5 Å². The van der Waals surface area contributed by atoms with Crippen LogP contribution in [0.15, 0.2) is 127 Å². The lowest BCUT2D eigenvalue weighted by Crippen LogP contribution is -2.66. The third-order valence-electron chi connectivity index (χ3n) is 12.8. The van der Waals surface area contributed by atoms with Gasteiger partial charge in [0.15, 0.2) is 6.61 Å². The molecule has 0 fully saturated rings. The molecule has 0 aliphatic heterocycles. The molecule has 5 aromatic rings. The minimum absolute atomic E-state index is 0.0226. The van der Waals surface area contributed by atoms with Gasteiger partial charge in [-0.15, -0.1) is 12.8 Å². The van der Waals surface area contributed by atoms with Gasteiger partial charge in [0.05, 0.1) is 25.7 Å². The zero-order valence-electron chi connectivity index (χ0n) is 41.3. The van der Waals surface area contributed by atoms with Crippen LogP contribution in [0.5, 0.6) is 0 Å². The molecule has 6 N–H and O–H groups in total. The Morgan fingerprint density at radius 3 is 1.96 bits per heavy atom. The van der Waals surface area contributed by atoms with Crippen LogP contribution in [0.25, 0.3) is 11.1 Å². The van der Waals surface area contributed by atoms with Crippen LogP contribution in [-0.4, -0.2) is 82.3 Å². The molecule has 1 aliphatic carbocycles. The van der Waals surface area contributed by atoms with Gasteiger partial charge in [-0.3, -0.25) is 9.69 Å². The third-order valence-corrected chi connectivity index (χ3v) is 17.8. The van der Waals surface area contributed by atoms with Gasteiger partial charge in [-0.05, 0) is 79.7 Å². The van der Waals surface area contributed by atoms with Crippen LogP contribution >= 0.6 is 0 Å². The Kier molecular flexibility index (Phi) is 18.6. The second kappa shape index (κ2) is 25.0. The summed E-state index contributed by atoms with van der Waals surface area (Å²) in [7, 11) is -3.01. The number of carbonyl (C=O) groups is 4. The van der Waals surface area contributed by atoms with Gasteiger partial charge in [0, 0.05) is 30.7 Å². The average Bonchev–Trinajstić information content (AvgIpc) is 3.68. The summed E-state index contributed by atoms with van der Waals surface area (Å²) in [6, 6.07) is 40.5. The number of benzene rings is 5. The van der Waals surface area contributed by atoms with Gasteiger partial charge < -0.3 is 40.9 Å². The number of terminal acetylenes is 2. The van der Waals surface area contributed by atoms with E-state index in [4.69, 9.17) is 32.5 Å². The van der Waals surface area contributed by atoms with Crippen LogP contribution in [0.2, 0.25) is 5.04 Å². The molecule has 2 atom stereocenters. The Morgan fingerprint density at radius 2 is 1.39 bits per heavy atom. The Balaban J connectivity index is 1.23. The number of hydrogen-bond acceptors (Lipinski definition) is 8. The normalized spacial score (nSPS) is 12.8. The van der Waals surface area contributed by atoms with Crippen molar-refractivity contribution in [1.82, 2.24) is 20.9 Å². The number of anilines is 1. The number of nitrogens with two attached hydrogens (primary N) is 1. The molecule has 0 saturated heterocycles. The number of amides is 5. The Morgan fingerprint density at radius 1 is 0.789 bits per heavy atom. The molecule has 0 unspecified atom stereocenters. The Labute approximate surface area is 419 Å². The molecule has 0 saturated carbocycles. The van der Waals surface area contributed by atoms with Crippen molar-refractivity contribution in [1.29, 1.82) is 0 Å². The number of nitrogens with one attached hydrogen (secondary N) is 4. The molecular weight excluding hydrogens is 909 g/mol. The van der Waals surface area contributed by atoms with Crippen molar-refractivity contribution in [2.75, 3.05) is 38.2 Å². The van der Waals surface area contributed by atoms with E-state index in [1.807, 2.05) is 80.6 Å². The van der Waals surface area contributed by atoms with Crippen molar-refractivity contribution in [2.45, 2.75) is 83.7 Å². The summed E-state index contributed by atoms with van der Waals surface area (Å²) in [5, 5.41) is 14.0. The van der Waals surface area contributed by atoms with Gasteiger partial charge in [0.1, 0.15) is 6.61 Å². The second-order valence-electron chi connectivity index (χ2n) is 19.0. The third kappa shape index (κ3) is 13.5. The van der Waals surface area contributed by atoms with E-state index < -0.39 is 38.6 Å². The van der Waals surface area contributed by atoms with E-state index in [0.29, 0.717) is 24.1 Å².